The second kappa shape index (κ2) is 22.8. The summed E-state index contributed by atoms with van der Waals surface area (Å²) in [5.74, 6) is 1.71. The van der Waals surface area contributed by atoms with Crippen molar-refractivity contribution in [3.05, 3.63) is 290 Å². The van der Waals surface area contributed by atoms with E-state index in [0.717, 1.165) is 118 Å². The zero-order valence-corrected chi connectivity index (χ0v) is 50.1. The van der Waals surface area contributed by atoms with Gasteiger partial charge >= 0.3 is 0 Å². The summed E-state index contributed by atoms with van der Waals surface area (Å²) in [7, 11) is 0. The molecule has 3 aromatic heterocycles. The van der Waals surface area contributed by atoms with Crippen LogP contribution in [0.15, 0.2) is 279 Å². The molecule has 0 amide bonds. The molecule has 14 rings (SSSR count). The van der Waals surface area contributed by atoms with Crippen LogP contribution in [0.25, 0.3) is 101 Å². The Bertz CT molecular complexity index is 4420. The van der Waals surface area contributed by atoms with Crippen LogP contribution in [0.1, 0.15) is 52.7 Å². The van der Waals surface area contributed by atoms with Crippen molar-refractivity contribution in [2.75, 3.05) is 9.80 Å². The van der Waals surface area contributed by atoms with Crippen LogP contribution in [-0.2, 0) is 10.8 Å². The molecule has 0 saturated carbocycles. The highest BCUT2D eigenvalue weighted by molar-refractivity contribution is 6.07. The van der Waals surface area contributed by atoms with E-state index in [1.54, 1.807) is 0 Å². The Balaban J connectivity index is 1.12. The van der Waals surface area contributed by atoms with Crippen molar-refractivity contribution in [2.24, 2.45) is 0 Å². The molecule has 13 aromatic rings. The molecule has 88 heavy (non-hydrogen) atoms. The minimum absolute atomic E-state index is 0.214. The lowest BCUT2D eigenvalue weighted by atomic mass is 9.78. The van der Waals surface area contributed by atoms with Gasteiger partial charge in [-0.2, -0.15) is 0 Å². The molecule has 8 nitrogen and oxygen atoms in total. The lowest BCUT2D eigenvalue weighted by Gasteiger charge is -2.41. The van der Waals surface area contributed by atoms with Crippen LogP contribution < -0.4 is 9.80 Å². The number of aromatic nitrogens is 6. The third kappa shape index (κ3) is 10.8. The molecular weight excluding hydrogens is 1070 g/mol. The van der Waals surface area contributed by atoms with E-state index in [1.165, 1.54) is 11.1 Å². The maximum atomic E-state index is 5.72. The minimum Gasteiger partial charge on any atom is -0.305 e. The van der Waals surface area contributed by atoms with E-state index in [1.807, 2.05) is 48.5 Å². The number of nitrogens with zero attached hydrogens (tertiary/aromatic N) is 8. The quantitative estimate of drug-likeness (QED) is 0.127. The van der Waals surface area contributed by atoms with Gasteiger partial charge in [0.05, 0.1) is 62.6 Å². The summed E-state index contributed by atoms with van der Waals surface area (Å²) in [6, 6.07) is 97.6. The Kier molecular flexibility index (Phi) is 14.2. The van der Waals surface area contributed by atoms with Crippen LogP contribution in [0.4, 0.5) is 34.4 Å². The Labute approximate surface area is 515 Å². The molecule has 1 aliphatic rings. The van der Waals surface area contributed by atoms with Crippen LogP contribution in [0.2, 0.25) is 0 Å². The predicted molar refractivity (Wildman–Crippen MR) is 362 cm³/mol. The van der Waals surface area contributed by atoms with E-state index < -0.39 is 0 Å². The van der Waals surface area contributed by atoms with Crippen LogP contribution in [0.3, 0.4) is 0 Å². The molecule has 0 spiro atoms. The molecular formula is C80H64N8. The Hall–Kier alpha value is -11.0. The highest BCUT2D eigenvalue weighted by atomic mass is 15.3. The standard InChI is InChI=1S/C80H64N8/c1-79(2,3)61-45-59(46-62(49-61)80(4,5)6)63-47-60(70-51-65(53-29-13-7-14-30-53)81-76(82-70)58-39-23-12-24-40-58)48-64(77-83-66(54-31-15-8-16-32-54)50-67(84-77)55-33-17-9-18-34-55)75(63)87-71-41-25-27-43-73(71)88(74-44-28-26-42-72(74)87)78-85-68(56-35-19-10-20-36-56)52-69(86-78)57-37-21-11-22-38-57/h7-52H,1-6H3. The number of para-hydroxylation sites is 4. The minimum atomic E-state index is -0.214. The molecule has 8 heteroatoms. The fourth-order valence-electron chi connectivity index (χ4n) is 11.7. The van der Waals surface area contributed by atoms with Crippen molar-refractivity contribution in [1.82, 2.24) is 29.9 Å². The first-order valence-corrected chi connectivity index (χ1v) is 30.0. The lowest BCUT2D eigenvalue weighted by Crippen LogP contribution is -2.26. The number of hydrogen-bond donors (Lipinski definition) is 0. The average molecular weight is 1140 g/mol. The van der Waals surface area contributed by atoms with Gasteiger partial charge in [-0.05, 0) is 82.1 Å². The normalized spacial score (nSPS) is 12.2. The summed E-state index contributed by atoms with van der Waals surface area (Å²) >= 11 is 0. The van der Waals surface area contributed by atoms with Crippen molar-refractivity contribution < 1.29 is 0 Å². The summed E-state index contributed by atoms with van der Waals surface area (Å²) in [5.41, 5.74) is 20.8. The molecule has 1 aliphatic heterocycles. The summed E-state index contributed by atoms with van der Waals surface area (Å²) in [5, 5.41) is 0. The smallest absolute Gasteiger partial charge is 0.235 e. The van der Waals surface area contributed by atoms with Crippen LogP contribution >= 0.6 is 0 Å². The van der Waals surface area contributed by atoms with Gasteiger partial charge in [0.25, 0.3) is 0 Å². The monoisotopic (exact) mass is 1140 g/mol. The molecule has 4 heterocycles. The van der Waals surface area contributed by atoms with E-state index in [2.05, 4.69) is 282 Å². The van der Waals surface area contributed by atoms with Gasteiger partial charge < -0.3 is 4.90 Å². The average Bonchev–Trinajstić information content (AvgIpc) is 0.900. The molecule has 0 bridgehead atoms. The van der Waals surface area contributed by atoms with Crippen molar-refractivity contribution >= 4 is 34.4 Å². The SMILES string of the molecule is CC(C)(C)c1cc(-c2cc(-c3cc(-c4ccccc4)nc(-c4ccccc4)n3)cc(-c3nc(-c4ccccc4)cc(-c4ccccc4)n3)c2N2c3ccccc3N(c3nc(-c4ccccc4)cc(-c4ccccc4)n3)c3ccccc32)cc(C(C)(C)C)c1. The van der Waals surface area contributed by atoms with Gasteiger partial charge in [-0.25, -0.2) is 29.9 Å². The van der Waals surface area contributed by atoms with Gasteiger partial charge in [-0.1, -0.05) is 266 Å². The van der Waals surface area contributed by atoms with E-state index in [0.29, 0.717) is 17.6 Å². The van der Waals surface area contributed by atoms with E-state index in [9.17, 15) is 0 Å². The maximum absolute atomic E-state index is 5.72. The third-order valence-corrected chi connectivity index (χ3v) is 16.3. The molecule has 0 atom stereocenters. The zero-order chi connectivity index (χ0) is 59.9. The van der Waals surface area contributed by atoms with Gasteiger partial charge in [0, 0.05) is 50.1 Å². The Morgan fingerprint density at radius 1 is 0.239 bits per heavy atom. The fraction of sp³-hybridized carbons (Fsp3) is 0.100. The number of hydrogen-bond acceptors (Lipinski definition) is 8. The Morgan fingerprint density at radius 2 is 0.534 bits per heavy atom. The molecule has 0 N–H and O–H groups in total. The first-order chi connectivity index (χ1) is 42.9. The molecule has 0 unspecified atom stereocenters. The topological polar surface area (TPSA) is 83.8 Å². The first-order valence-electron chi connectivity index (χ1n) is 30.0. The highest BCUT2D eigenvalue weighted by Crippen LogP contribution is 2.58. The van der Waals surface area contributed by atoms with E-state index in [-0.39, 0.29) is 10.8 Å². The first kappa shape index (κ1) is 54.9. The van der Waals surface area contributed by atoms with Crippen molar-refractivity contribution in [2.45, 2.75) is 52.4 Å². The number of fused-ring (bicyclic) bond motifs is 2. The number of rotatable bonds is 11. The second-order valence-corrected chi connectivity index (χ2v) is 24.4. The summed E-state index contributed by atoms with van der Waals surface area (Å²) in [6.07, 6.45) is 0. The van der Waals surface area contributed by atoms with Crippen LogP contribution in [0, 0.1) is 0 Å². The second-order valence-electron chi connectivity index (χ2n) is 24.4. The van der Waals surface area contributed by atoms with Gasteiger partial charge in [0.15, 0.2) is 11.6 Å². The van der Waals surface area contributed by atoms with Crippen molar-refractivity contribution in [3.8, 4) is 101 Å². The predicted octanol–water partition coefficient (Wildman–Crippen LogP) is 20.9. The molecule has 0 saturated heterocycles. The van der Waals surface area contributed by atoms with Crippen molar-refractivity contribution in [3.63, 3.8) is 0 Å². The van der Waals surface area contributed by atoms with Gasteiger partial charge in [0.2, 0.25) is 5.95 Å². The lowest BCUT2D eigenvalue weighted by molar-refractivity contribution is 0.569. The van der Waals surface area contributed by atoms with Gasteiger partial charge in [-0.3, -0.25) is 4.90 Å². The molecule has 424 valence electrons. The zero-order valence-electron chi connectivity index (χ0n) is 50.1. The molecule has 10 aromatic carbocycles. The molecule has 0 aliphatic carbocycles. The highest BCUT2D eigenvalue weighted by Gasteiger charge is 2.36. The van der Waals surface area contributed by atoms with E-state index in [4.69, 9.17) is 29.9 Å². The summed E-state index contributed by atoms with van der Waals surface area (Å²) in [4.78, 5) is 37.9. The summed E-state index contributed by atoms with van der Waals surface area (Å²) < 4.78 is 0. The molecule has 0 radical (unpaired) electrons. The number of benzene rings is 10. The third-order valence-electron chi connectivity index (χ3n) is 16.3. The molecule has 0 fully saturated rings. The van der Waals surface area contributed by atoms with Gasteiger partial charge in [0.1, 0.15) is 0 Å². The summed E-state index contributed by atoms with van der Waals surface area (Å²) in [6.45, 7) is 13.8. The fourth-order valence-corrected chi connectivity index (χ4v) is 11.7. The van der Waals surface area contributed by atoms with Crippen LogP contribution in [0.5, 0.6) is 0 Å². The number of anilines is 6. The van der Waals surface area contributed by atoms with Gasteiger partial charge in [-0.15, -0.1) is 0 Å². The van der Waals surface area contributed by atoms with E-state index >= 15 is 0 Å². The van der Waals surface area contributed by atoms with Crippen LogP contribution in [-0.4, -0.2) is 29.9 Å². The Morgan fingerprint density at radius 3 is 0.898 bits per heavy atom. The maximum Gasteiger partial charge on any atom is 0.235 e. The largest absolute Gasteiger partial charge is 0.305 e. The van der Waals surface area contributed by atoms with Crippen molar-refractivity contribution in [1.29, 1.82) is 0 Å².